The highest BCUT2D eigenvalue weighted by Crippen LogP contribution is 2.29. The maximum Gasteiger partial charge on any atom is 0.345 e. The summed E-state index contributed by atoms with van der Waals surface area (Å²) >= 11 is 0. The van der Waals surface area contributed by atoms with Gasteiger partial charge in [-0.25, -0.2) is 9.59 Å². The SMILES string of the molecule is CCOC(=O)c1cc(O)c(C(=O)OCC)c(O)c1. The molecule has 0 fully saturated rings. The summed E-state index contributed by atoms with van der Waals surface area (Å²) in [4.78, 5) is 22.8. The minimum absolute atomic E-state index is 0.0418. The molecule has 18 heavy (non-hydrogen) atoms. The predicted octanol–water partition coefficient (Wildman–Crippen LogP) is 1.45. The highest BCUT2D eigenvalue weighted by Gasteiger charge is 2.21. The van der Waals surface area contributed by atoms with E-state index >= 15 is 0 Å². The van der Waals surface area contributed by atoms with Crippen LogP contribution in [0.1, 0.15) is 34.6 Å². The first kappa shape index (κ1) is 13.8. The monoisotopic (exact) mass is 254 g/mol. The summed E-state index contributed by atoms with van der Waals surface area (Å²) in [5, 5.41) is 19.2. The van der Waals surface area contributed by atoms with Crippen LogP contribution >= 0.6 is 0 Å². The zero-order valence-electron chi connectivity index (χ0n) is 10.1. The molecular formula is C12H14O6. The average Bonchev–Trinajstić information content (AvgIpc) is 2.28. The van der Waals surface area contributed by atoms with Crippen molar-refractivity contribution in [2.75, 3.05) is 13.2 Å². The molecule has 0 unspecified atom stereocenters. The molecule has 0 aliphatic rings. The fraction of sp³-hybridized carbons (Fsp3) is 0.333. The second kappa shape index (κ2) is 5.90. The largest absolute Gasteiger partial charge is 0.507 e. The lowest BCUT2D eigenvalue weighted by molar-refractivity contribution is 0.0505. The molecule has 98 valence electrons. The lowest BCUT2D eigenvalue weighted by Crippen LogP contribution is -2.08. The van der Waals surface area contributed by atoms with Gasteiger partial charge in [-0.1, -0.05) is 0 Å². The van der Waals surface area contributed by atoms with E-state index in [9.17, 15) is 19.8 Å². The summed E-state index contributed by atoms with van der Waals surface area (Å²) < 4.78 is 9.37. The summed E-state index contributed by atoms with van der Waals surface area (Å²) in [5.41, 5.74) is -0.412. The number of ether oxygens (including phenoxy) is 2. The highest BCUT2D eigenvalue weighted by atomic mass is 16.5. The number of carbonyl (C=O) groups excluding carboxylic acids is 2. The van der Waals surface area contributed by atoms with Gasteiger partial charge in [-0.15, -0.1) is 0 Å². The van der Waals surface area contributed by atoms with Crippen molar-refractivity contribution in [3.63, 3.8) is 0 Å². The van der Waals surface area contributed by atoms with Gasteiger partial charge in [0.15, 0.2) is 0 Å². The molecule has 0 heterocycles. The Morgan fingerprint density at radius 3 is 1.89 bits per heavy atom. The molecule has 6 heteroatoms. The molecule has 0 aliphatic carbocycles. The Hall–Kier alpha value is -2.24. The normalized spacial score (nSPS) is 9.89. The lowest BCUT2D eigenvalue weighted by Gasteiger charge is -2.08. The Morgan fingerprint density at radius 2 is 1.44 bits per heavy atom. The molecule has 0 aromatic heterocycles. The van der Waals surface area contributed by atoms with Crippen molar-refractivity contribution in [3.05, 3.63) is 23.3 Å². The number of esters is 2. The molecule has 6 nitrogen and oxygen atoms in total. The molecule has 0 radical (unpaired) electrons. The first-order valence-electron chi connectivity index (χ1n) is 5.41. The van der Waals surface area contributed by atoms with Crippen molar-refractivity contribution >= 4 is 11.9 Å². The van der Waals surface area contributed by atoms with Crippen LogP contribution in [-0.4, -0.2) is 35.4 Å². The van der Waals surface area contributed by atoms with E-state index < -0.39 is 23.4 Å². The predicted molar refractivity (Wildman–Crippen MR) is 61.7 cm³/mol. The Kier molecular flexibility index (Phi) is 4.53. The van der Waals surface area contributed by atoms with Gasteiger partial charge in [0.05, 0.1) is 18.8 Å². The molecular weight excluding hydrogens is 240 g/mol. The van der Waals surface area contributed by atoms with E-state index in [1.807, 2.05) is 0 Å². The van der Waals surface area contributed by atoms with Gasteiger partial charge in [0.2, 0.25) is 0 Å². The second-order valence-electron chi connectivity index (χ2n) is 3.33. The highest BCUT2D eigenvalue weighted by molar-refractivity contribution is 5.98. The van der Waals surface area contributed by atoms with Gasteiger partial charge in [0, 0.05) is 0 Å². The first-order valence-corrected chi connectivity index (χ1v) is 5.41. The number of carbonyl (C=O) groups is 2. The number of phenols is 2. The van der Waals surface area contributed by atoms with Crippen LogP contribution in [0.4, 0.5) is 0 Å². The van der Waals surface area contributed by atoms with Gasteiger partial charge in [-0.3, -0.25) is 0 Å². The molecule has 2 N–H and O–H groups in total. The number of hydrogen-bond donors (Lipinski definition) is 2. The van der Waals surface area contributed by atoms with Crippen LogP contribution in [-0.2, 0) is 9.47 Å². The zero-order valence-corrected chi connectivity index (χ0v) is 10.1. The third kappa shape index (κ3) is 2.91. The van der Waals surface area contributed by atoms with E-state index in [-0.39, 0.29) is 24.3 Å². The molecule has 0 amide bonds. The summed E-state index contributed by atoms with van der Waals surface area (Å²) in [6.07, 6.45) is 0. The first-order chi connectivity index (χ1) is 8.51. The van der Waals surface area contributed by atoms with Crippen molar-refractivity contribution < 1.29 is 29.3 Å². The van der Waals surface area contributed by atoms with Crippen LogP contribution < -0.4 is 0 Å². The van der Waals surface area contributed by atoms with Crippen LogP contribution in [0.15, 0.2) is 12.1 Å². The zero-order chi connectivity index (χ0) is 13.7. The average molecular weight is 254 g/mol. The number of benzene rings is 1. The number of hydrogen-bond acceptors (Lipinski definition) is 6. The molecule has 1 aromatic carbocycles. The smallest absolute Gasteiger partial charge is 0.345 e. The van der Waals surface area contributed by atoms with Gasteiger partial charge in [0.1, 0.15) is 17.1 Å². The lowest BCUT2D eigenvalue weighted by atomic mass is 10.1. The van der Waals surface area contributed by atoms with Crippen LogP contribution in [0.5, 0.6) is 11.5 Å². The van der Waals surface area contributed by atoms with Gasteiger partial charge >= 0.3 is 11.9 Å². The van der Waals surface area contributed by atoms with E-state index in [0.717, 1.165) is 12.1 Å². The minimum Gasteiger partial charge on any atom is -0.507 e. The van der Waals surface area contributed by atoms with Gasteiger partial charge < -0.3 is 19.7 Å². The van der Waals surface area contributed by atoms with Gasteiger partial charge in [-0.05, 0) is 26.0 Å². The van der Waals surface area contributed by atoms with E-state index in [0.29, 0.717) is 0 Å². The third-order valence-electron chi connectivity index (χ3n) is 2.09. The van der Waals surface area contributed by atoms with Crippen molar-refractivity contribution in [1.29, 1.82) is 0 Å². The minimum atomic E-state index is -0.858. The molecule has 1 rings (SSSR count). The van der Waals surface area contributed by atoms with Crippen molar-refractivity contribution in [2.45, 2.75) is 13.8 Å². The van der Waals surface area contributed by atoms with Gasteiger partial charge in [-0.2, -0.15) is 0 Å². The van der Waals surface area contributed by atoms with E-state index in [1.54, 1.807) is 13.8 Å². The maximum atomic E-state index is 11.4. The van der Waals surface area contributed by atoms with E-state index in [4.69, 9.17) is 4.74 Å². The van der Waals surface area contributed by atoms with Crippen molar-refractivity contribution in [2.24, 2.45) is 0 Å². The summed E-state index contributed by atoms with van der Waals surface area (Å²) in [6.45, 7) is 3.50. The Bertz CT molecular complexity index is 443. The number of rotatable bonds is 4. The Balaban J connectivity index is 3.12. The fourth-order valence-corrected chi connectivity index (χ4v) is 1.36. The summed E-state index contributed by atoms with van der Waals surface area (Å²) in [6, 6.07) is 2.09. The van der Waals surface area contributed by atoms with Crippen molar-refractivity contribution in [1.82, 2.24) is 0 Å². The number of phenolic OH excluding ortho intramolecular Hbond substituents is 2. The molecule has 0 atom stereocenters. The summed E-state index contributed by atoms with van der Waals surface area (Å²) in [5.74, 6) is -2.62. The van der Waals surface area contributed by atoms with Crippen LogP contribution in [0.25, 0.3) is 0 Å². The van der Waals surface area contributed by atoms with E-state index in [2.05, 4.69) is 4.74 Å². The molecule has 0 saturated heterocycles. The molecule has 0 aliphatic heterocycles. The van der Waals surface area contributed by atoms with Crippen molar-refractivity contribution in [3.8, 4) is 11.5 Å². The summed E-state index contributed by atoms with van der Waals surface area (Å²) in [7, 11) is 0. The van der Waals surface area contributed by atoms with E-state index in [1.165, 1.54) is 0 Å². The number of aromatic hydroxyl groups is 2. The third-order valence-corrected chi connectivity index (χ3v) is 2.09. The molecule has 0 spiro atoms. The molecule has 1 aromatic rings. The van der Waals surface area contributed by atoms with Crippen LogP contribution in [0.2, 0.25) is 0 Å². The second-order valence-corrected chi connectivity index (χ2v) is 3.33. The molecule has 0 saturated carbocycles. The van der Waals surface area contributed by atoms with Crippen LogP contribution in [0.3, 0.4) is 0 Å². The standard InChI is InChI=1S/C12H14O6/c1-3-17-11(15)7-5-8(13)10(9(14)6-7)12(16)18-4-2/h5-6,13-14H,3-4H2,1-2H3. The Labute approximate surface area is 104 Å². The molecule has 0 bridgehead atoms. The topological polar surface area (TPSA) is 93.1 Å². The quantitative estimate of drug-likeness (QED) is 0.790. The Morgan fingerprint density at radius 1 is 1.00 bits per heavy atom. The fourth-order valence-electron chi connectivity index (χ4n) is 1.36. The van der Waals surface area contributed by atoms with Gasteiger partial charge in [0.25, 0.3) is 0 Å². The van der Waals surface area contributed by atoms with Crippen LogP contribution in [0, 0.1) is 0 Å². The maximum absolute atomic E-state index is 11.4.